The molecule has 0 atom stereocenters. The number of amides is 1. The molecule has 1 amide bonds. The lowest BCUT2D eigenvalue weighted by molar-refractivity contribution is 0.0700. The number of halogens is 2. The van der Waals surface area contributed by atoms with E-state index in [2.05, 4.69) is 45.7 Å². The first-order chi connectivity index (χ1) is 8.80. The molecule has 0 spiro atoms. The summed E-state index contributed by atoms with van der Waals surface area (Å²) in [6.07, 6.45) is 0. The quantitative estimate of drug-likeness (QED) is 0.832. The fourth-order valence-corrected chi connectivity index (χ4v) is 2.52. The highest BCUT2D eigenvalue weighted by atomic mass is 79.9. The van der Waals surface area contributed by atoms with Crippen LogP contribution in [0.25, 0.3) is 0 Å². The molecule has 19 heavy (non-hydrogen) atoms. The zero-order valence-corrected chi connectivity index (χ0v) is 14.7. The number of hydrogen-bond donors (Lipinski definition) is 1. The van der Waals surface area contributed by atoms with E-state index in [0.717, 1.165) is 8.95 Å². The Labute approximate surface area is 131 Å². The van der Waals surface area contributed by atoms with Gasteiger partial charge in [-0.1, -0.05) is 29.8 Å². The van der Waals surface area contributed by atoms with E-state index in [1.54, 1.807) is 0 Å². The van der Waals surface area contributed by atoms with Gasteiger partial charge in [0, 0.05) is 22.0 Å². The molecule has 0 aliphatic rings. The van der Waals surface area contributed by atoms with Crippen molar-refractivity contribution in [2.75, 3.05) is 19.6 Å². The number of carbonyl (C=O) groups is 1. The average molecular weight is 392 g/mol. The minimum absolute atomic E-state index is 0.0252. The fraction of sp³-hybridized carbons (Fsp3) is 0.500. The molecule has 0 aliphatic carbocycles. The van der Waals surface area contributed by atoms with Crippen molar-refractivity contribution in [3.8, 4) is 0 Å². The number of hydrogen-bond acceptors (Lipinski definition) is 2. The summed E-state index contributed by atoms with van der Waals surface area (Å²) in [5, 5.41) is 0. The van der Waals surface area contributed by atoms with E-state index in [4.69, 9.17) is 5.73 Å². The van der Waals surface area contributed by atoms with Crippen molar-refractivity contribution < 1.29 is 4.79 Å². The van der Waals surface area contributed by atoms with Crippen molar-refractivity contribution in [3.63, 3.8) is 0 Å². The van der Waals surface area contributed by atoms with Gasteiger partial charge in [-0.05, 0) is 53.0 Å². The van der Waals surface area contributed by atoms with Crippen molar-refractivity contribution in [1.82, 2.24) is 4.90 Å². The van der Waals surface area contributed by atoms with Crippen molar-refractivity contribution in [1.29, 1.82) is 0 Å². The van der Waals surface area contributed by atoms with Gasteiger partial charge in [0.1, 0.15) is 0 Å². The van der Waals surface area contributed by atoms with Gasteiger partial charge in [0.25, 0.3) is 5.91 Å². The Morgan fingerprint density at radius 2 is 2.00 bits per heavy atom. The van der Waals surface area contributed by atoms with E-state index in [0.29, 0.717) is 25.2 Å². The van der Waals surface area contributed by atoms with Crippen molar-refractivity contribution in [2.24, 2.45) is 11.1 Å². The average Bonchev–Trinajstić information content (AvgIpc) is 2.38. The zero-order chi connectivity index (χ0) is 14.6. The second-order valence-corrected chi connectivity index (χ2v) is 7.08. The second-order valence-electron chi connectivity index (χ2n) is 5.31. The van der Waals surface area contributed by atoms with Crippen LogP contribution in [-0.4, -0.2) is 30.4 Å². The Hall–Kier alpha value is -0.390. The third-order valence-electron chi connectivity index (χ3n) is 3.00. The SMILES string of the molecule is CCN(CC(C)(C)CN)C(=O)c1cc(Br)ccc1Br. The van der Waals surface area contributed by atoms with Crippen LogP contribution in [0.3, 0.4) is 0 Å². The molecule has 0 saturated carbocycles. The summed E-state index contributed by atoms with van der Waals surface area (Å²) < 4.78 is 1.71. The van der Waals surface area contributed by atoms with E-state index < -0.39 is 0 Å². The van der Waals surface area contributed by atoms with Crippen molar-refractivity contribution in [2.45, 2.75) is 20.8 Å². The lowest BCUT2D eigenvalue weighted by Gasteiger charge is -2.31. The minimum atomic E-state index is -0.0792. The summed E-state index contributed by atoms with van der Waals surface area (Å²) in [7, 11) is 0. The van der Waals surface area contributed by atoms with Crippen LogP contribution in [0.2, 0.25) is 0 Å². The molecule has 3 nitrogen and oxygen atoms in total. The van der Waals surface area contributed by atoms with Gasteiger partial charge in [-0.15, -0.1) is 0 Å². The monoisotopic (exact) mass is 390 g/mol. The fourth-order valence-electron chi connectivity index (χ4n) is 1.74. The lowest BCUT2D eigenvalue weighted by Crippen LogP contribution is -2.42. The summed E-state index contributed by atoms with van der Waals surface area (Å²) >= 11 is 6.83. The Bertz CT molecular complexity index is 461. The zero-order valence-electron chi connectivity index (χ0n) is 11.5. The normalized spacial score (nSPS) is 11.5. The number of nitrogens with two attached hydrogens (primary N) is 1. The van der Waals surface area contributed by atoms with Crippen molar-refractivity contribution in [3.05, 3.63) is 32.7 Å². The maximum atomic E-state index is 12.6. The van der Waals surface area contributed by atoms with Crippen LogP contribution in [0.15, 0.2) is 27.1 Å². The van der Waals surface area contributed by atoms with Crippen LogP contribution >= 0.6 is 31.9 Å². The van der Waals surface area contributed by atoms with Gasteiger partial charge in [0.15, 0.2) is 0 Å². The molecular formula is C14H20Br2N2O. The molecule has 1 aromatic rings. The molecule has 0 saturated heterocycles. The predicted molar refractivity (Wildman–Crippen MR) is 86.3 cm³/mol. The minimum Gasteiger partial charge on any atom is -0.338 e. The van der Waals surface area contributed by atoms with Gasteiger partial charge in [0.2, 0.25) is 0 Å². The molecule has 2 N–H and O–H groups in total. The molecule has 0 aromatic heterocycles. The molecule has 0 radical (unpaired) electrons. The first-order valence-corrected chi connectivity index (χ1v) is 7.83. The standard InChI is InChI=1S/C14H20Br2N2O/c1-4-18(9-14(2,3)8-17)13(19)11-7-10(15)5-6-12(11)16/h5-7H,4,8-9,17H2,1-3H3. The summed E-state index contributed by atoms with van der Waals surface area (Å²) in [6, 6.07) is 5.62. The van der Waals surface area contributed by atoms with Gasteiger partial charge in [-0.25, -0.2) is 0 Å². The lowest BCUT2D eigenvalue weighted by atomic mass is 9.93. The Morgan fingerprint density at radius 3 is 2.53 bits per heavy atom. The molecule has 5 heteroatoms. The summed E-state index contributed by atoms with van der Waals surface area (Å²) in [5.41, 5.74) is 6.34. The van der Waals surface area contributed by atoms with E-state index in [1.807, 2.05) is 30.0 Å². The van der Waals surface area contributed by atoms with Crippen LogP contribution in [-0.2, 0) is 0 Å². The number of benzene rings is 1. The molecule has 1 aromatic carbocycles. The number of carbonyl (C=O) groups excluding carboxylic acids is 1. The Kier molecular flexibility index (Phi) is 6.02. The summed E-state index contributed by atoms with van der Waals surface area (Å²) in [6.45, 7) is 7.99. The largest absolute Gasteiger partial charge is 0.338 e. The third kappa shape index (κ3) is 4.58. The molecular weight excluding hydrogens is 372 g/mol. The smallest absolute Gasteiger partial charge is 0.255 e. The van der Waals surface area contributed by atoms with Crippen LogP contribution in [0.5, 0.6) is 0 Å². The van der Waals surface area contributed by atoms with Crippen molar-refractivity contribution >= 4 is 37.8 Å². The van der Waals surface area contributed by atoms with Gasteiger partial charge in [-0.3, -0.25) is 4.79 Å². The molecule has 106 valence electrons. The highest BCUT2D eigenvalue weighted by Crippen LogP contribution is 2.24. The first kappa shape index (κ1) is 16.7. The summed E-state index contributed by atoms with van der Waals surface area (Å²) in [5.74, 6) is 0.0252. The van der Waals surface area contributed by atoms with E-state index in [1.165, 1.54) is 0 Å². The molecule has 0 fully saturated rings. The Balaban J connectivity index is 2.99. The number of rotatable bonds is 5. The molecule has 0 heterocycles. The van der Waals surface area contributed by atoms with E-state index in [-0.39, 0.29) is 11.3 Å². The predicted octanol–water partition coefficient (Wildman–Crippen LogP) is 3.66. The second kappa shape index (κ2) is 6.86. The van der Waals surface area contributed by atoms with Gasteiger partial charge >= 0.3 is 0 Å². The van der Waals surface area contributed by atoms with Crippen LogP contribution in [0.1, 0.15) is 31.1 Å². The maximum Gasteiger partial charge on any atom is 0.255 e. The molecule has 0 aliphatic heterocycles. The molecule has 0 unspecified atom stereocenters. The van der Waals surface area contributed by atoms with Crippen LogP contribution in [0, 0.1) is 5.41 Å². The number of nitrogens with zero attached hydrogens (tertiary/aromatic N) is 1. The van der Waals surface area contributed by atoms with Crippen LogP contribution < -0.4 is 5.73 Å². The third-order valence-corrected chi connectivity index (χ3v) is 4.18. The molecule has 1 rings (SSSR count). The summed E-state index contributed by atoms with van der Waals surface area (Å²) in [4.78, 5) is 14.4. The van der Waals surface area contributed by atoms with Gasteiger partial charge in [0.05, 0.1) is 5.56 Å². The van der Waals surface area contributed by atoms with Crippen LogP contribution in [0.4, 0.5) is 0 Å². The van der Waals surface area contributed by atoms with E-state index >= 15 is 0 Å². The first-order valence-electron chi connectivity index (χ1n) is 6.25. The highest BCUT2D eigenvalue weighted by Gasteiger charge is 2.24. The van der Waals surface area contributed by atoms with Gasteiger partial charge in [-0.2, -0.15) is 0 Å². The Morgan fingerprint density at radius 1 is 1.37 bits per heavy atom. The topological polar surface area (TPSA) is 46.3 Å². The molecule has 0 bridgehead atoms. The van der Waals surface area contributed by atoms with Gasteiger partial charge < -0.3 is 10.6 Å². The van der Waals surface area contributed by atoms with E-state index in [9.17, 15) is 4.79 Å². The highest BCUT2D eigenvalue weighted by molar-refractivity contribution is 9.11. The maximum absolute atomic E-state index is 12.6.